The molecule has 4 rings (SSSR count). The Hall–Kier alpha value is -3.04. The molecule has 0 bridgehead atoms. The van der Waals surface area contributed by atoms with Crippen LogP contribution in [0.4, 0.5) is 10.9 Å². The van der Waals surface area contributed by atoms with Crippen LogP contribution in [0.5, 0.6) is 0 Å². The van der Waals surface area contributed by atoms with Crippen LogP contribution in [0.1, 0.15) is 17.3 Å². The summed E-state index contributed by atoms with van der Waals surface area (Å²) in [4.78, 5) is 34.4. The minimum atomic E-state index is -0.159. The van der Waals surface area contributed by atoms with Crippen molar-refractivity contribution in [2.75, 3.05) is 37.4 Å². The van der Waals surface area contributed by atoms with Crippen LogP contribution in [0, 0.1) is 0 Å². The number of hydrogen-bond acceptors (Lipinski definition) is 7. The molecule has 9 heteroatoms. The Balaban J connectivity index is 1.67. The lowest BCUT2D eigenvalue weighted by Gasteiger charge is -2.27. The summed E-state index contributed by atoms with van der Waals surface area (Å²) < 4.78 is 6.23. The van der Waals surface area contributed by atoms with Crippen LogP contribution < -0.4 is 11.1 Å². The van der Waals surface area contributed by atoms with E-state index in [2.05, 4.69) is 15.3 Å². The fourth-order valence-electron chi connectivity index (χ4n) is 3.05. The third-order valence-electron chi connectivity index (χ3n) is 4.45. The van der Waals surface area contributed by atoms with Gasteiger partial charge in [-0.05, 0) is 23.8 Å². The summed E-state index contributed by atoms with van der Waals surface area (Å²) >= 11 is 1.39. The fourth-order valence-corrected chi connectivity index (χ4v) is 4.00. The first kappa shape index (κ1) is 18.3. The van der Waals surface area contributed by atoms with E-state index in [0.717, 1.165) is 21.3 Å². The van der Waals surface area contributed by atoms with Gasteiger partial charge >= 0.3 is 0 Å². The average molecular weight is 397 g/mol. The van der Waals surface area contributed by atoms with E-state index in [1.54, 1.807) is 17.2 Å². The van der Waals surface area contributed by atoms with E-state index in [0.29, 0.717) is 37.0 Å². The first-order valence-electron chi connectivity index (χ1n) is 8.82. The minimum absolute atomic E-state index is 0.137. The first-order chi connectivity index (χ1) is 13.5. The maximum atomic E-state index is 12.8. The van der Waals surface area contributed by atoms with Crippen LogP contribution >= 0.6 is 11.3 Å². The fraction of sp³-hybridized carbons (Fsp3) is 0.263. The van der Waals surface area contributed by atoms with Gasteiger partial charge in [0.25, 0.3) is 5.91 Å². The maximum absolute atomic E-state index is 12.8. The van der Waals surface area contributed by atoms with Crippen molar-refractivity contribution in [3.8, 4) is 11.1 Å². The molecular formula is C19H19N5O3S. The number of ether oxygens (including phenoxy) is 1. The van der Waals surface area contributed by atoms with Crippen molar-refractivity contribution in [3.63, 3.8) is 0 Å². The quantitative estimate of drug-likeness (QED) is 0.702. The van der Waals surface area contributed by atoms with E-state index in [1.165, 1.54) is 18.3 Å². The van der Waals surface area contributed by atoms with Gasteiger partial charge in [0.15, 0.2) is 5.13 Å². The Bertz CT molecular complexity index is 1060. The normalized spacial score (nSPS) is 14.2. The number of aromatic nitrogens is 2. The van der Waals surface area contributed by atoms with Gasteiger partial charge in [0.05, 0.1) is 29.0 Å². The molecule has 28 heavy (non-hydrogen) atoms. The number of morpholine rings is 1. The molecule has 1 saturated heterocycles. The van der Waals surface area contributed by atoms with Gasteiger partial charge in [-0.25, -0.2) is 9.97 Å². The summed E-state index contributed by atoms with van der Waals surface area (Å²) in [7, 11) is 0. The molecule has 0 aliphatic carbocycles. The molecule has 3 heterocycles. The summed E-state index contributed by atoms with van der Waals surface area (Å²) in [6, 6.07) is 7.54. The average Bonchev–Trinajstić information content (AvgIpc) is 3.09. The summed E-state index contributed by atoms with van der Waals surface area (Å²) in [6.07, 6.45) is 1.66. The van der Waals surface area contributed by atoms with Gasteiger partial charge in [0.1, 0.15) is 5.82 Å². The zero-order valence-corrected chi connectivity index (χ0v) is 16.1. The van der Waals surface area contributed by atoms with E-state index in [9.17, 15) is 9.59 Å². The van der Waals surface area contributed by atoms with Gasteiger partial charge in [-0.3, -0.25) is 9.59 Å². The predicted molar refractivity (Wildman–Crippen MR) is 108 cm³/mol. The SMILES string of the molecule is CC(=O)Nc1nc2ccc(-c3cnc(N)c(C(=O)N4CCOCC4)c3)cc2s1. The monoisotopic (exact) mass is 397 g/mol. The van der Waals surface area contributed by atoms with Gasteiger partial charge in [0, 0.05) is 31.8 Å². The number of nitrogens with one attached hydrogen (secondary N) is 1. The Labute approximate surface area is 165 Å². The molecule has 0 unspecified atom stereocenters. The van der Waals surface area contributed by atoms with E-state index in [4.69, 9.17) is 10.5 Å². The van der Waals surface area contributed by atoms with E-state index in [-0.39, 0.29) is 17.6 Å². The maximum Gasteiger partial charge on any atom is 0.257 e. The number of amides is 2. The summed E-state index contributed by atoms with van der Waals surface area (Å²) in [6.45, 7) is 3.59. The molecule has 2 aromatic heterocycles. The highest BCUT2D eigenvalue weighted by Crippen LogP contribution is 2.31. The molecule has 144 valence electrons. The van der Waals surface area contributed by atoms with Crippen molar-refractivity contribution in [1.29, 1.82) is 0 Å². The van der Waals surface area contributed by atoms with Crippen LogP contribution in [0.2, 0.25) is 0 Å². The number of carbonyl (C=O) groups is 2. The van der Waals surface area contributed by atoms with Crippen molar-refractivity contribution >= 4 is 44.3 Å². The number of pyridine rings is 1. The van der Waals surface area contributed by atoms with E-state index >= 15 is 0 Å². The summed E-state index contributed by atoms with van der Waals surface area (Å²) in [5.74, 6) is -0.0812. The molecule has 1 aromatic carbocycles. The Morgan fingerprint density at radius 1 is 1.21 bits per heavy atom. The van der Waals surface area contributed by atoms with Crippen molar-refractivity contribution in [2.24, 2.45) is 0 Å². The molecule has 0 spiro atoms. The van der Waals surface area contributed by atoms with Crippen LogP contribution in [0.25, 0.3) is 21.3 Å². The second kappa shape index (κ2) is 7.53. The van der Waals surface area contributed by atoms with Gasteiger partial charge in [0.2, 0.25) is 5.91 Å². The lowest BCUT2D eigenvalue weighted by Crippen LogP contribution is -2.41. The number of nitrogens with zero attached hydrogens (tertiary/aromatic N) is 3. The van der Waals surface area contributed by atoms with Crippen molar-refractivity contribution in [1.82, 2.24) is 14.9 Å². The second-order valence-corrected chi connectivity index (χ2v) is 7.47. The Morgan fingerprint density at radius 2 is 2.00 bits per heavy atom. The molecule has 1 fully saturated rings. The molecular weight excluding hydrogens is 378 g/mol. The molecule has 3 aromatic rings. The number of hydrogen-bond donors (Lipinski definition) is 2. The lowest BCUT2D eigenvalue weighted by atomic mass is 10.0. The minimum Gasteiger partial charge on any atom is -0.383 e. The number of carbonyl (C=O) groups excluding carboxylic acids is 2. The highest BCUT2D eigenvalue weighted by Gasteiger charge is 2.21. The standard InChI is InChI=1S/C19H19N5O3S/c1-11(25)22-19-23-15-3-2-12(9-16(15)28-19)13-8-14(17(20)21-10-13)18(26)24-4-6-27-7-5-24/h2-3,8-10H,4-7H2,1H3,(H2,20,21)(H,22,23,25). The molecule has 8 nitrogen and oxygen atoms in total. The number of fused-ring (bicyclic) bond motifs is 1. The largest absolute Gasteiger partial charge is 0.383 e. The Kier molecular flexibility index (Phi) is 4.93. The predicted octanol–water partition coefficient (Wildman–Crippen LogP) is 2.37. The van der Waals surface area contributed by atoms with Gasteiger partial charge in [-0.15, -0.1) is 0 Å². The van der Waals surface area contributed by atoms with Crippen molar-refractivity contribution in [2.45, 2.75) is 6.92 Å². The highest BCUT2D eigenvalue weighted by molar-refractivity contribution is 7.22. The number of rotatable bonds is 3. The molecule has 1 aliphatic rings. The molecule has 0 saturated carbocycles. The third-order valence-corrected chi connectivity index (χ3v) is 5.39. The topological polar surface area (TPSA) is 110 Å². The Morgan fingerprint density at radius 3 is 2.75 bits per heavy atom. The van der Waals surface area contributed by atoms with Crippen LogP contribution in [-0.2, 0) is 9.53 Å². The number of nitrogen functional groups attached to an aromatic ring is 1. The van der Waals surface area contributed by atoms with Gasteiger partial charge in [-0.2, -0.15) is 0 Å². The van der Waals surface area contributed by atoms with Crippen LogP contribution in [0.15, 0.2) is 30.5 Å². The van der Waals surface area contributed by atoms with E-state index < -0.39 is 0 Å². The number of nitrogens with two attached hydrogens (primary N) is 1. The first-order valence-corrected chi connectivity index (χ1v) is 9.64. The highest BCUT2D eigenvalue weighted by atomic mass is 32.1. The zero-order chi connectivity index (χ0) is 19.7. The summed E-state index contributed by atoms with van der Waals surface area (Å²) in [5.41, 5.74) is 8.86. The second-order valence-electron chi connectivity index (χ2n) is 6.44. The smallest absolute Gasteiger partial charge is 0.257 e. The molecule has 2 amide bonds. The molecule has 0 atom stereocenters. The lowest BCUT2D eigenvalue weighted by molar-refractivity contribution is -0.114. The number of anilines is 2. The van der Waals surface area contributed by atoms with Gasteiger partial charge in [-0.1, -0.05) is 17.4 Å². The van der Waals surface area contributed by atoms with Crippen LogP contribution in [-0.4, -0.2) is 53.0 Å². The summed E-state index contributed by atoms with van der Waals surface area (Å²) in [5, 5.41) is 3.25. The van der Waals surface area contributed by atoms with Crippen LogP contribution in [0.3, 0.4) is 0 Å². The number of thiazole rings is 1. The van der Waals surface area contributed by atoms with Gasteiger partial charge < -0.3 is 20.7 Å². The molecule has 3 N–H and O–H groups in total. The van der Waals surface area contributed by atoms with Crippen molar-refractivity contribution in [3.05, 3.63) is 36.0 Å². The molecule has 0 radical (unpaired) electrons. The number of benzene rings is 1. The van der Waals surface area contributed by atoms with E-state index in [1.807, 2.05) is 18.2 Å². The third kappa shape index (κ3) is 3.67. The zero-order valence-electron chi connectivity index (χ0n) is 15.3. The molecule has 1 aliphatic heterocycles. The van der Waals surface area contributed by atoms with Crippen molar-refractivity contribution < 1.29 is 14.3 Å².